The Morgan fingerprint density at radius 2 is 1.97 bits per heavy atom. The van der Waals surface area contributed by atoms with Gasteiger partial charge in [0.2, 0.25) is 5.91 Å². The van der Waals surface area contributed by atoms with Crippen LogP contribution in [0.3, 0.4) is 0 Å². The van der Waals surface area contributed by atoms with E-state index >= 15 is 0 Å². The molecule has 3 heterocycles. The molecule has 2 saturated heterocycles. The van der Waals surface area contributed by atoms with Crippen molar-refractivity contribution in [2.45, 2.75) is 50.6 Å². The zero-order valence-electron chi connectivity index (χ0n) is 16.4. The van der Waals surface area contributed by atoms with Gasteiger partial charge in [-0.2, -0.15) is 0 Å². The van der Waals surface area contributed by atoms with Gasteiger partial charge in [-0.25, -0.2) is 13.2 Å². The minimum atomic E-state index is -1.11. The lowest BCUT2D eigenvalue weighted by atomic mass is 10.0. The first-order valence-electron chi connectivity index (χ1n) is 10.1. The van der Waals surface area contributed by atoms with Gasteiger partial charge in [0.15, 0.2) is 6.23 Å². The predicted octanol–water partition coefficient (Wildman–Crippen LogP) is 2.20. The van der Waals surface area contributed by atoms with Crippen LogP contribution < -0.4 is 5.32 Å². The smallest absolute Gasteiger partial charge is 0.276 e. The van der Waals surface area contributed by atoms with Gasteiger partial charge in [-0.15, -0.1) is 0 Å². The molecule has 1 aromatic carbocycles. The molecular weight excluding hydrogens is 415 g/mol. The molecule has 3 atom stereocenters. The van der Waals surface area contributed by atoms with Crippen molar-refractivity contribution >= 4 is 11.8 Å². The highest BCUT2D eigenvalue weighted by Gasteiger charge is 2.49. The largest absolute Gasteiger partial charge is 0.510 e. The van der Waals surface area contributed by atoms with Crippen LogP contribution in [0.1, 0.15) is 31.2 Å². The predicted molar refractivity (Wildman–Crippen MR) is 100 cm³/mol. The molecule has 4 aliphatic rings. The van der Waals surface area contributed by atoms with Crippen molar-refractivity contribution in [3.05, 3.63) is 58.4 Å². The van der Waals surface area contributed by atoms with Crippen LogP contribution >= 0.6 is 0 Å². The number of halogens is 3. The molecular formula is C21H20F3N3O4. The average Bonchev–Trinajstić information content (AvgIpc) is 3.07. The Balaban J connectivity index is 1.33. The molecule has 31 heavy (non-hydrogen) atoms. The first-order valence-corrected chi connectivity index (χ1v) is 10.1. The van der Waals surface area contributed by atoms with Crippen LogP contribution in [-0.4, -0.2) is 51.6 Å². The molecule has 1 saturated carbocycles. The molecule has 10 heteroatoms. The van der Waals surface area contributed by atoms with Gasteiger partial charge in [-0.3, -0.25) is 9.59 Å². The minimum Gasteiger partial charge on any atom is -0.510 e. The van der Waals surface area contributed by atoms with E-state index in [0.29, 0.717) is 12.1 Å². The summed E-state index contributed by atoms with van der Waals surface area (Å²) in [6, 6.07) is 1.16. The second-order valence-electron chi connectivity index (χ2n) is 8.20. The topological polar surface area (TPSA) is 82.1 Å². The van der Waals surface area contributed by atoms with Gasteiger partial charge in [-0.05, 0) is 19.3 Å². The Morgan fingerprint density at radius 3 is 2.71 bits per heavy atom. The summed E-state index contributed by atoms with van der Waals surface area (Å²) in [5.41, 5.74) is -0.219. The Hall–Kier alpha value is -3.01. The lowest BCUT2D eigenvalue weighted by Crippen LogP contribution is -2.61. The van der Waals surface area contributed by atoms with E-state index in [9.17, 15) is 27.9 Å². The Labute approximate surface area is 175 Å². The summed E-state index contributed by atoms with van der Waals surface area (Å²) < 4.78 is 46.6. The molecule has 0 unspecified atom stereocenters. The fourth-order valence-electron chi connectivity index (χ4n) is 4.82. The molecule has 1 aromatic rings. The summed E-state index contributed by atoms with van der Waals surface area (Å²) >= 11 is 0. The summed E-state index contributed by atoms with van der Waals surface area (Å²) in [6.45, 7) is -0.219. The Morgan fingerprint density at radius 1 is 1.23 bits per heavy atom. The zero-order chi connectivity index (χ0) is 21.9. The standard InChI is InChI=1S/C21H20F3N3O4/c22-11-4-15(23)14(16(24)5-11)7-25-20(29)10-3-17(28)19-21(30)27-12-1-2-13(6-12)31-18(27)9-26(19)8-10/h4-5,8,12-13,18,28H,1-3,6-7,9H2,(H,25,29)/t12-,13+,18-/m1/s1. The van der Waals surface area contributed by atoms with Crippen molar-refractivity contribution in [2.75, 3.05) is 6.54 Å². The summed E-state index contributed by atoms with van der Waals surface area (Å²) in [7, 11) is 0. The van der Waals surface area contributed by atoms with Crippen molar-refractivity contribution in [3.8, 4) is 0 Å². The van der Waals surface area contributed by atoms with Crippen LogP contribution in [0, 0.1) is 17.5 Å². The zero-order valence-corrected chi connectivity index (χ0v) is 16.4. The van der Waals surface area contributed by atoms with Gasteiger partial charge >= 0.3 is 0 Å². The number of rotatable bonds is 3. The third-order valence-electron chi connectivity index (χ3n) is 6.25. The van der Waals surface area contributed by atoms with Crippen LogP contribution in [0.15, 0.2) is 35.4 Å². The highest BCUT2D eigenvalue weighted by molar-refractivity contribution is 5.98. The molecule has 1 aliphatic carbocycles. The number of hydrogen-bond acceptors (Lipinski definition) is 5. The van der Waals surface area contributed by atoms with Gasteiger partial charge < -0.3 is 25.0 Å². The first-order chi connectivity index (χ1) is 14.8. The van der Waals surface area contributed by atoms with Crippen molar-refractivity contribution < 1.29 is 32.6 Å². The minimum absolute atomic E-state index is 0.0906. The number of piperazine rings is 1. The number of nitrogens with one attached hydrogen (secondary N) is 1. The molecule has 3 aliphatic heterocycles. The number of allylic oxidation sites excluding steroid dienone is 1. The van der Waals surface area contributed by atoms with E-state index in [2.05, 4.69) is 5.32 Å². The fourth-order valence-corrected chi connectivity index (χ4v) is 4.82. The third kappa shape index (κ3) is 3.34. The fraction of sp³-hybridized carbons (Fsp3) is 0.429. The highest BCUT2D eigenvalue weighted by Crippen LogP contribution is 2.40. The average molecular weight is 435 g/mol. The van der Waals surface area contributed by atoms with E-state index in [1.807, 2.05) is 0 Å². The van der Waals surface area contributed by atoms with E-state index in [1.54, 1.807) is 4.90 Å². The van der Waals surface area contributed by atoms with Crippen LogP contribution in [0.25, 0.3) is 0 Å². The molecule has 164 valence electrons. The molecule has 0 radical (unpaired) electrons. The summed E-state index contributed by atoms with van der Waals surface area (Å²) in [5, 5.41) is 12.9. The third-order valence-corrected chi connectivity index (χ3v) is 6.25. The summed E-state index contributed by atoms with van der Waals surface area (Å²) in [5.74, 6) is -4.49. The van der Waals surface area contributed by atoms with Gasteiger partial charge in [0, 0.05) is 48.5 Å². The SMILES string of the molecule is O=C(NCc1c(F)cc(F)cc1F)C1=CN2C[C@H]3O[C@H]4CC[C@H](C4)N3C(=O)C2=C(O)C1. The lowest BCUT2D eigenvalue weighted by molar-refractivity contribution is -0.177. The number of hydrogen-bond donors (Lipinski definition) is 2. The number of nitrogens with zero attached hydrogens (tertiary/aromatic N) is 2. The molecule has 3 fully saturated rings. The van der Waals surface area contributed by atoms with Crippen LogP contribution in [0.5, 0.6) is 0 Å². The van der Waals surface area contributed by atoms with Crippen LogP contribution in [0.4, 0.5) is 13.2 Å². The second kappa shape index (κ2) is 7.30. The van der Waals surface area contributed by atoms with E-state index in [-0.39, 0.29) is 48.0 Å². The maximum Gasteiger partial charge on any atom is 0.276 e. The van der Waals surface area contributed by atoms with E-state index in [0.717, 1.165) is 19.3 Å². The number of aliphatic hydroxyl groups is 1. The number of fused-ring (bicyclic) bond motifs is 5. The number of benzene rings is 1. The van der Waals surface area contributed by atoms with Gasteiger partial charge in [0.25, 0.3) is 5.91 Å². The van der Waals surface area contributed by atoms with Crippen molar-refractivity contribution in [1.29, 1.82) is 0 Å². The Bertz CT molecular complexity index is 1020. The number of carbonyl (C=O) groups is 2. The molecule has 2 N–H and O–H groups in total. The number of amides is 2. The molecule has 7 nitrogen and oxygen atoms in total. The summed E-state index contributed by atoms with van der Waals surface area (Å²) in [4.78, 5) is 28.8. The van der Waals surface area contributed by atoms with E-state index in [4.69, 9.17) is 4.74 Å². The molecule has 2 bridgehead atoms. The van der Waals surface area contributed by atoms with Crippen molar-refractivity contribution in [3.63, 3.8) is 0 Å². The van der Waals surface area contributed by atoms with Crippen LogP contribution in [0.2, 0.25) is 0 Å². The van der Waals surface area contributed by atoms with Crippen LogP contribution in [-0.2, 0) is 20.9 Å². The monoisotopic (exact) mass is 435 g/mol. The van der Waals surface area contributed by atoms with Gasteiger partial charge in [-0.1, -0.05) is 0 Å². The lowest BCUT2D eigenvalue weighted by Gasteiger charge is -2.48. The normalized spacial score (nSPS) is 27.1. The highest BCUT2D eigenvalue weighted by atomic mass is 19.1. The molecule has 2 amide bonds. The number of aliphatic hydroxyl groups excluding tert-OH is 1. The maximum absolute atomic E-state index is 13.8. The van der Waals surface area contributed by atoms with E-state index < -0.39 is 41.7 Å². The number of ether oxygens (including phenoxy) is 1. The maximum atomic E-state index is 13.8. The first kappa shape index (κ1) is 19.9. The molecule has 0 spiro atoms. The summed E-state index contributed by atoms with van der Waals surface area (Å²) in [6.07, 6.45) is 3.45. The van der Waals surface area contributed by atoms with Crippen molar-refractivity contribution in [1.82, 2.24) is 15.1 Å². The second-order valence-corrected chi connectivity index (χ2v) is 8.20. The van der Waals surface area contributed by atoms with Gasteiger partial charge in [0.05, 0.1) is 12.6 Å². The molecule has 0 aromatic heterocycles. The van der Waals surface area contributed by atoms with E-state index in [1.165, 1.54) is 11.1 Å². The quantitative estimate of drug-likeness (QED) is 0.761. The van der Waals surface area contributed by atoms with Crippen molar-refractivity contribution in [2.24, 2.45) is 0 Å². The molecule has 5 rings (SSSR count). The van der Waals surface area contributed by atoms with Gasteiger partial charge in [0.1, 0.15) is 28.9 Å². The number of carbonyl (C=O) groups excluding carboxylic acids is 2. The Kier molecular flexibility index (Phi) is 4.69.